The average molecular weight is 301 g/mol. The summed E-state index contributed by atoms with van der Waals surface area (Å²) in [5, 5.41) is 11.8. The zero-order chi connectivity index (χ0) is 9.90. The highest BCUT2D eigenvalue weighted by Gasteiger charge is 2.44. The van der Waals surface area contributed by atoms with Gasteiger partial charge in [0.15, 0.2) is 0 Å². The molecule has 3 nitrogen and oxygen atoms in total. The van der Waals surface area contributed by atoms with E-state index in [9.17, 15) is 9.18 Å². The molecule has 2 atom stereocenters. The van der Waals surface area contributed by atoms with E-state index in [1.807, 2.05) is 0 Å². The Kier molecular flexibility index (Phi) is 3.90. The van der Waals surface area contributed by atoms with Crippen molar-refractivity contribution >= 4 is 28.6 Å². The first-order valence-corrected chi connectivity index (χ1v) is 5.82. The van der Waals surface area contributed by atoms with Crippen LogP contribution in [0.4, 0.5) is 4.39 Å². The molecule has 1 fully saturated rings. The Hall–Kier alpha value is 0.0900. The molecule has 1 saturated heterocycles. The molecule has 5 heteroatoms. The fourth-order valence-corrected chi connectivity index (χ4v) is 2.04. The van der Waals surface area contributed by atoms with Crippen LogP contribution in [0.1, 0.15) is 19.3 Å². The number of halogens is 2. The number of carboxylic acid groups (broad SMARTS) is 1. The van der Waals surface area contributed by atoms with Crippen molar-refractivity contribution in [2.75, 3.05) is 11.0 Å². The highest BCUT2D eigenvalue weighted by molar-refractivity contribution is 14.1. The van der Waals surface area contributed by atoms with Crippen molar-refractivity contribution in [2.24, 2.45) is 0 Å². The molecule has 2 N–H and O–H groups in total. The Morgan fingerprint density at radius 1 is 1.77 bits per heavy atom. The number of hydrogen-bond acceptors (Lipinski definition) is 2. The van der Waals surface area contributed by atoms with Crippen LogP contribution in [-0.4, -0.2) is 33.8 Å². The lowest BCUT2D eigenvalue weighted by Crippen LogP contribution is -2.47. The van der Waals surface area contributed by atoms with Crippen LogP contribution in [0.15, 0.2) is 0 Å². The normalized spacial score (nSPS) is 33.5. The van der Waals surface area contributed by atoms with E-state index in [-0.39, 0.29) is 13.0 Å². The summed E-state index contributed by atoms with van der Waals surface area (Å²) in [7, 11) is 0. The molecule has 1 rings (SSSR count). The largest absolute Gasteiger partial charge is 0.480 e. The second kappa shape index (κ2) is 4.54. The number of nitrogens with one attached hydrogen (secondary N) is 1. The molecule has 13 heavy (non-hydrogen) atoms. The van der Waals surface area contributed by atoms with Crippen molar-refractivity contribution in [3.63, 3.8) is 0 Å². The number of rotatable bonds is 4. The number of carbonyl (C=O) groups is 1. The van der Waals surface area contributed by atoms with Crippen molar-refractivity contribution in [3.8, 4) is 0 Å². The van der Waals surface area contributed by atoms with E-state index in [4.69, 9.17) is 5.11 Å². The average Bonchev–Trinajstić information content (AvgIpc) is 2.45. The number of hydrogen-bond donors (Lipinski definition) is 2. The molecular formula is C8H13FINO2. The van der Waals surface area contributed by atoms with Crippen LogP contribution in [0.5, 0.6) is 0 Å². The van der Waals surface area contributed by atoms with Crippen molar-refractivity contribution in [1.82, 2.24) is 5.32 Å². The van der Waals surface area contributed by atoms with Gasteiger partial charge < -0.3 is 5.11 Å². The summed E-state index contributed by atoms with van der Waals surface area (Å²) < 4.78 is 13.8. The van der Waals surface area contributed by atoms with E-state index in [2.05, 4.69) is 27.9 Å². The quantitative estimate of drug-likeness (QED) is 0.609. The number of carboxylic acids is 1. The predicted molar refractivity (Wildman–Crippen MR) is 56.0 cm³/mol. The minimum absolute atomic E-state index is 0.110. The second-order valence-corrected chi connectivity index (χ2v) is 4.44. The van der Waals surface area contributed by atoms with Gasteiger partial charge in [0.2, 0.25) is 0 Å². The van der Waals surface area contributed by atoms with Crippen molar-refractivity contribution in [3.05, 3.63) is 0 Å². The molecule has 0 aromatic rings. The van der Waals surface area contributed by atoms with Crippen molar-refractivity contribution in [1.29, 1.82) is 0 Å². The van der Waals surface area contributed by atoms with Crippen LogP contribution in [0.25, 0.3) is 0 Å². The maximum absolute atomic E-state index is 12.9. The summed E-state index contributed by atoms with van der Waals surface area (Å²) in [6, 6.07) is 0. The van der Waals surface area contributed by atoms with Crippen LogP contribution in [0.2, 0.25) is 0 Å². The molecule has 1 heterocycles. The Morgan fingerprint density at radius 3 is 2.85 bits per heavy atom. The van der Waals surface area contributed by atoms with E-state index in [0.717, 1.165) is 10.8 Å². The highest BCUT2D eigenvalue weighted by atomic mass is 127. The summed E-state index contributed by atoms with van der Waals surface area (Å²) in [6.45, 7) is 0.174. The lowest BCUT2D eigenvalue weighted by atomic mass is 9.92. The molecule has 0 saturated carbocycles. The summed E-state index contributed by atoms with van der Waals surface area (Å²) in [4.78, 5) is 10.9. The molecule has 1 aliphatic heterocycles. The first-order valence-electron chi connectivity index (χ1n) is 4.29. The minimum atomic E-state index is -1.01. The third kappa shape index (κ3) is 2.52. The second-order valence-electron chi connectivity index (χ2n) is 3.36. The molecule has 0 spiro atoms. The molecule has 0 amide bonds. The van der Waals surface area contributed by atoms with Gasteiger partial charge in [0.1, 0.15) is 11.7 Å². The summed E-state index contributed by atoms with van der Waals surface area (Å²) in [5.41, 5.74) is -0.995. The first-order chi connectivity index (χ1) is 6.10. The fourth-order valence-electron chi connectivity index (χ4n) is 1.66. The lowest BCUT2D eigenvalue weighted by molar-refractivity contribution is -0.144. The maximum Gasteiger partial charge on any atom is 0.324 e. The van der Waals surface area contributed by atoms with Gasteiger partial charge in [-0.25, -0.2) is 4.39 Å². The monoisotopic (exact) mass is 301 g/mol. The highest BCUT2D eigenvalue weighted by Crippen LogP contribution is 2.27. The fraction of sp³-hybridized carbons (Fsp3) is 0.875. The minimum Gasteiger partial charge on any atom is -0.480 e. The van der Waals surface area contributed by atoms with Gasteiger partial charge in [0, 0.05) is 13.0 Å². The molecule has 0 aromatic carbocycles. The predicted octanol–water partition coefficient (Wildman–Crippen LogP) is 1.36. The molecular weight excluding hydrogens is 288 g/mol. The van der Waals surface area contributed by atoms with Gasteiger partial charge in [0.05, 0.1) is 0 Å². The van der Waals surface area contributed by atoms with Crippen LogP contribution in [0, 0.1) is 0 Å². The van der Waals surface area contributed by atoms with Crippen molar-refractivity contribution in [2.45, 2.75) is 31.0 Å². The molecule has 0 bridgehead atoms. The summed E-state index contributed by atoms with van der Waals surface area (Å²) in [5.74, 6) is -0.919. The van der Waals surface area contributed by atoms with E-state index < -0.39 is 17.7 Å². The molecule has 0 aliphatic carbocycles. The van der Waals surface area contributed by atoms with E-state index >= 15 is 0 Å². The van der Waals surface area contributed by atoms with Crippen LogP contribution in [0.3, 0.4) is 0 Å². The SMILES string of the molecule is O=C(O)[C@]1(CCCI)C[C@H](F)CN1. The third-order valence-electron chi connectivity index (χ3n) is 2.38. The Balaban J connectivity index is 2.60. The van der Waals surface area contributed by atoms with Gasteiger partial charge in [0.25, 0.3) is 0 Å². The van der Waals surface area contributed by atoms with Gasteiger partial charge in [-0.2, -0.15) is 0 Å². The van der Waals surface area contributed by atoms with Gasteiger partial charge in [-0.1, -0.05) is 22.6 Å². The Labute approximate surface area is 90.2 Å². The summed E-state index contributed by atoms with van der Waals surface area (Å²) >= 11 is 2.19. The summed E-state index contributed by atoms with van der Waals surface area (Å²) in [6.07, 6.45) is 0.433. The molecule has 76 valence electrons. The molecule has 0 radical (unpaired) electrons. The van der Waals surface area contributed by atoms with Crippen LogP contribution >= 0.6 is 22.6 Å². The van der Waals surface area contributed by atoms with Gasteiger partial charge >= 0.3 is 5.97 Å². The molecule has 0 unspecified atom stereocenters. The van der Waals surface area contributed by atoms with Gasteiger partial charge in [-0.3, -0.25) is 10.1 Å². The topological polar surface area (TPSA) is 49.3 Å². The van der Waals surface area contributed by atoms with E-state index in [0.29, 0.717) is 6.42 Å². The van der Waals surface area contributed by atoms with Crippen molar-refractivity contribution < 1.29 is 14.3 Å². The zero-order valence-electron chi connectivity index (χ0n) is 7.22. The van der Waals surface area contributed by atoms with E-state index in [1.54, 1.807) is 0 Å². The van der Waals surface area contributed by atoms with E-state index in [1.165, 1.54) is 0 Å². The Bertz CT molecular complexity index is 203. The molecule has 1 aliphatic rings. The standard InChI is InChI=1S/C8H13FINO2/c9-6-4-8(7(12)13,11-5-6)2-1-3-10/h6,11H,1-5H2,(H,12,13)/t6-,8-/m0/s1. The molecule has 0 aromatic heterocycles. The van der Waals surface area contributed by atoms with Crippen LogP contribution < -0.4 is 5.32 Å². The smallest absolute Gasteiger partial charge is 0.324 e. The maximum atomic E-state index is 12.9. The first kappa shape index (κ1) is 11.2. The lowest BCUT2D eigenvalue weighted by Gasteiger charge is -2.23. The van der Waals surface area contributed by atoms with Gasteiger partial charge in [-0.05, 0) is 17.3 Å². The Morgan fingerprint density at radius 2 is 2.46 bits per heavy atom. The third-order valence-corrected chi connectivity index (χ3v) is 3.14. The number of alkyl halides is 2. The van der Waals surface area contributed by atoms with Crippen LogP contribution in [-0.2, 0) is 4.79 Å². The number of aliphatic carboxylic acids is 1. The van der Waals surface area contributed by atoms with Gasteiger partial charge in [-0.15, -0.1) is 0 Å². The zero-order valence-corrected chi connectivity index (χ0v) is 9.38.